The lowest BCUT2D eigenvalue weighted by Crippen LogP contribution is -2.41. The van der Waals surface area contributed by atoms with Crippen LogP contribution in [0.1, 0.15) is 307 Å². The molecule has 1 heterocycles. The summed E-state index contributed by atoms with van der Waals surface area (Å²) in [5, 5.41) is 12.1. The summed E-state index contributed by atoms with van der Waals surface area (Å²) in [5.41, 5.74) is 37.9. The average molecular weight is 1660 g/mol. The minimum absolute atomic E-state index is 0. The van der Waals surface area contributed by atoms with Gasteiger partial charge in [-0.15, -0.1) is 19.0 Å². The zero-order chi connectivity index (χ0) is 84.8. The molecule has 7 aliphatic rings. The van der Waals surface area contributed by atoms with Gasteiger partial charge in [-0.1, -0.05) is 210 Å². The first-order valence-corrected chi connectivity index (χ1v) is 42.5. The lowest BCUT2D eigenvalue weighted by molar-refractivity contribution is -0.123. The maximum absolute atomic E-state index is 12.3. The van der Waals surface area contributed by atoms with E-state index in [0.29, 0.717) is 11.8 Å². The Hall–Kier alpha value is -7.01. The smallest absolute Gasteiger partial charge is 0.400 e. The van der Waals surface area contributed by atoms with Crippen LogP contribution in [-0.2, 0) is 110 Å². The van der Waals surface area contributed by atoms with Crippen molar-refractivity contribution in [3.05, 3.63) is 191 Å². The van der Waals surface area contributed by atoms with Crippen molar-refractivity contribution in [2.45, 2.75) is 312 Å². The normalized spacial score (nSPS) is 15.5. The molecule has 114 heavy (non-hydrogen) atoms. The molecule has 0 unspecified atom stereocenters. The van der Waals surface area contributed by atoms with Crippen LogP contribution in [0.4, 0.5) is 34.1 Å². The van der Waals surface area contributed by atoms with Crippen LogP contribution in [0.15, 0.2) is 108 Å². The number of nitrogens with one attached hydrogen (secondary N) is 4. The van der Waals surface area contributed by atoms with Crippen molar-refractivity contribution < 1.29 is 33.3 Å². The standard InChI is InChI=1S/C17H25NO.C17H23NO.C14H18BrNO.C14H19NO.C12H17N.C9H17BO2.C9H11N.C5H9ClO.ClH/c2*1-11(2)13-10-9-12-7-6-8-14(12)15(13)18-16(19)17(3,4)5;1-14(2,3)13(17)16-12-10-6-4-5-9(10)7-8-11(12)15;1-14(2,3)13(16)15-12-9-5-7-10-6-4-8-11(10)12;1-8(2)10-7-6-9-4-3-5-11(9)12(10)13;1-7(2)10-11-8(3,4)9(5,6)12-10;10-9-6-2-4-7-3-1-5-8(7)9;1-5(2,3)4(6)7;/h9-11H,6-8H2,1-5H3,(H,18,19);9-10H,1,6-8H2,2-5H3,(H,18,19);7-8H,4-6H2,1-3H3,(H,16,17);5,7,9H,4,6,8H2,1-3H3,(H,15,16);6-8H,3-5,13H2,1-2H3;1H2,2-6H3;2,4,6H,1,3,5,10H2;1-3H3;1H. The first-order chi connectivity index (χ1) is 52.3. The van der Waals surface area contributed by atoms with Crippen LogP contribution >= 0.6 is 39.9 Å². The molecule has 0 bridgehead atoms. The molecule has 0 saturated carbocycles. The van der Waals surface area contributed by atoms with Gasteiger partial charge in [-0.05, 0) is 298 Å². The summed E-state index contributed by atoms with van der Waals surface area (Å²) < 4.78 is 12.4. The lowest BCUT2D eigenvalue weighted by atomic mass is 9.81. The number of nitrogens with two attached hydrogens (primary N) is 2. The van der Waals surface area contributed by atoms with Gasteiger partial charge in [0.05, 0.1) is 22.6 Å². The zero-order valence-electron chi connectivity index (χ0n) is 74.1. The maximum Gasteiger partial charge on any atom is 0.489 e. The van der Waals surface area contributed by atoms with Crippen LogP contribution in [0.25, 0.3) is 5.57 Å². The number of fused-ring (bicyclic) bond motifs is 6. The molecular formula is C97H140BBrCl2N6O7. The summed E-state index contributed by atoms with van der Waals surface area (Å²) >= 11 is 8.65. The van der Waals surface area contributed by atoms with Crippen LogP contribution in [0.3, 0.4) is 0 Å². The van der Waals surface area contributed by atoms with Crippen molar-refractivity contribution >= 4 is 116 Å². The lowest BCUT2D eigenvalue weighted by Gasteiger charge is -2.32. The Morgan fingerprint density at radius 2 is 0.754 bits per heavy atom. The van der Waals surface area contributed by atoms with Crippen LogP contribution in [0.5, 0.6) is 0 Å². The van der Waals surface area contributed by atoms with E-state index in [4.69, 9.17) is 32.4 Å². The van der Waals surface area contributed by atoms with Gasteiger partial charge in [0.15, 0.2) is 0 Å². The molecule has 6 aliphatic carbocycles. The fourth-order valence-corrected chi connectivity index (χ4v) is 14.6. The second-order valence-corrected chi connectivity index (χ2v) is 39.7. The summed E-state index contributed by atoms with van der Waals surface area (Å²) in [6, 6.07) is 29.7. The predicted octanol–water partition coefficient (Wildman–Crippen LogP) is 24.6. The number of hydrogen-bond acceptors (Lipinski definition) is 9. The number of carbonyl (C=O) groups is 5. The molecule has 4 amide bonds. The molecule has 1 saturated heterocycles. The topological polar surface area (TPSA) is 204 Å². The number of nitrogen functional groups attached to an aromatic ring is 2. The highest BCUT2D eigenvalue weighted by Gasteiger charge is 2.51. The molecular weight excluding hydrogens is 1520 g/mol. The summed E-state index contributed by atoms with van der Waals surface area (Å²) in [7, 11) is -0.241. The van der Waals surface area contributed by atoms with Crippen LogP contribution in [-0.4, -0.2) is 47.2 Å². The molecule has 6 aromatic carbocycles. The molecule has 0 atom stereocenters. The Balaban J connectivity index is 0.000000236. The fourth-order valence-electron chi connectivity index (χ4n) is 14.1. The van der Waals surface area contributed by atoms with E-state index in [0.717, 1.165) is 107 Å². The first-order valence-electron chi connectivity index (χ1n) is 41.4. The third kappa shape index (κ3) is 26.8. The van der Waals surface area contributed by atoms with E-state index >= 15 is 0 Å². The molecule has 0 radical (unpaired) electrons. The van der Waals surface area contributed by atoms with Crippen LogP contribution in [0, 0.1) is 27.1 Å². The van der Waals surface area contributed by atoms with E-state index in [1.54, 1.807) is 20.8 Å². The van der Waals surface area contributed by atoms with Gasteiger partial charge in [0.1, 0.15) is 0 Å². The monoisotopic (exact) mass is 1660 g/mol. The van der Waals surface area contributed by atoms with E-state index in [1.807, 2.05) is 155 Å². The van der Waals surface area contributed by atoms with Crippen molar-refractivity contribution in [1.29, 1.82) is 0 Å². The maximum atomic E-state index is 12.3. The number of aryl methyl sites for hydroxylation is 6. The van der Waals surface area contributed by atoms with Crippen molar-refractivity contribution in [2.75, 3.05) is 32.7 Å². The number of halogens is 3. The molecule has 624 valence electrons. The summed E-state index contributed by atoms with van der Waals surface area (Å²) in [4.78, 5) is 58.8. The molecule has 1 fully saturated rings. The second-order valence-electron chi connectivity index (χ2n) is 38.5. The Labute approximate surface area is 707 Å². The van der Waals surface area contributed by atoms with E-state index in [2.05, 4.69) is 133 Å². The highest BCUT2D eigenvalue weighted by molar-refractivity contribution is 9.10. The highest BCUT2D eigenvalue weighted by atomic mass is 79.9. The second kappa shape index (κ2) is 40.9. The minimum atomic E-state index is -0.381. The number of anilines is 6. The number of hydrogen-bond donors (Lipinski definition) is 6. The Morgan fingerprint density at radius 1 is 0.430 bits per heavy atom. The van der Waals surface area contributed by atoms with Gasteiger partial charge in [0.25, 0.3) is 0 Å². The molecule has 6 aromatic rings. The van der Waals surface area contributed by atoms with Gasteiger partial charge in [0.2, 0.25) is 28.9 Å². The molecule has 1 aliphatic heterocycles. The van der Waals surface area contributed by atoms with Gasteiger partial charge in [-0.25, -0.2) is 0 Å². The van der Waals surface area contributed by atoms with E-state index in [-0.39, 0.29) is 86.7 Å². The zero-order valence-corrected chi connectivity index (χ0v) is 77.3. The molecule has 8 N–H and O–H groups in total. The van der Waals surface area contributed by atoms with Gasteiger partial charge in [0, 0.05) is 59.9 Å². The summed E-state index contributed by atoms with van der Waals surface area (Å²) in [6.45, 7) is 57.3. The van der Waals surface area contributed by atoms with E-state index in [9.17, 15) is 24.0 Å². The summed E-state index contributed by atoms with van der Waals surface area (Å²) in [5.74, 6) is 1.31. The SMILES string of the molecule is C=C(C)B1OC(C)(C)C(C)(C)O1.C=C(C)c1ccc2c(c1NC(=O)C(C)(C)C)CCC2.CC(C)(C)C(=O)Cl.CC(C)(C)C(=O)Nc1c(Br)ccc2c1CCC2.CC(C)(C)C(=O)Nc1cccc2c1CCC2.CC(C)c1ccc2c(c1N)CCC2.CC(C)c1ccc2c(c1NC(=O)C(C)(C)C)CCC2.Cl.Nc1cccc2c1CCC2. The largest absolute Gasteiger partial charge is 0.489 e. The van der Waals surface area contributed by atoms with Gasteiger partial charge in [-0.3, -0.25) is 24.0 Å². The van der Waals surface area contributed by atoms with Gasteiger partial charge in [-0.2, -0.15) is 0 Å². The highest BCUT2D eigenvalue weighted by Crippen LogP contribution is 2.42. The molecule has 17 heteroatoms. The molecule has 13 nitrogen and oxygen atoms in total. The third-order valence-electron chi connectivity index (χ3n) is 22.2. The predicted molar refractivity (Wildman–Crippen MR) is 491 cm³/mol. The van der Waals surface area contributed by atoms with Crippen molar-refractivity contribution in [3.8, 4) is 0 Å². The average Bonchev–Trinajstić information content (AvgIpc) is 1.62. The van der Waals surface area contributed by atoms with Crippen molar-refractivity contribution in [3.63, 3.8) is 0 Å². The number of benzene rings is 6. The van der Waals surface area contributed by atoms with E-state index in [1.165, 1.54) is 142 Å². The number of allylic oxidation sites excluding steroid dienone is 2. The molecule has 0 aromatic heterocycles. The first kappa shape index (κ1) is 97.6. The van der Waals surface area contributed by atoms with Crippen LogP contribution in [0.2, 0.25) is 0 Å². The molecule has 0 spiro atoms. The Morgan fingerprint density at radius 3 is 1.15 bits per heavy atom. The molecule has 13 rings (SSSR count). The number of amides is 4. The van der Waals surface area contributed by atoms with Gasteiger partial charge >= 0.3 is 7.12 Å². The van der Waals surface area contributed by atoms with Crippen LogP contribution < -0.4 is 32.7 Å². The number of rotatable bonds is 8. The fraction of sp³-hybridized carbons (Fsp3) is 0.536. The number of carbonyl (C=O) groups excluding carboxylic acids is 5. The van der Waals surface area contributed by atoms with Crippen molar-refractivity contribution in [1.82, 2.24) is 0 Å². The quantitative estimate of drug-likeness (QED) is 0.0487. The third-order valence-corrected chi connectivity index (χ3v) is 23.4. The summed E-state index contributed by atoms with van der Waals surface area (Å²) in [6.07, 6.45) is 21.0. The van der Waals surface area contributed by atoms with E-state index < -0.39 is 0 Å². The minimum Gasteiger partial charge on any atom is -0.400 e. The van der Waals surface area contributed by atoms with Gasteiger partial charge < -0.3 is 42.0 Å². The van der Waals surface area contributed by atoms with Crippen molar-refractivity contribution in [2.24, 2.45) is 27.1 Å². The Bertz CT molecular complexity index is 4390. The Kier molecular flexibility index (Phi) is 35.0.